The number of allylic oxidation sites excluding steroid dienone is 3. The Labute approximate surface area is 494 Å². The van der Waals surface area contributed by atoms with E-state index in [0.29, 0.717) is 0 Å². The molecular weight excluding hydrogens is 1010 g/mol. The summed E-state index contributed by atoms with van der Waals surface area (Å²) in [6.07, 6.45) is 6.99. The van der Waals surface area contributed by atoms with Gasteiger partial charge < -0.3 is 0 Å². The van der Waals surface area contributed by atoms with Crippen LogP contribution in [0.5, 0.6) is 0 Å². The summed E-state index contributed by atoms with van der Waals surface area (Å²) in [4.78, 5) is 0. The van der Waals surface area contributed by atoms with E-state index in [1.54, 1.807) is 0 Å². The van der Waals surface area contributed by atoms with E-state index in [1.165, 1.54) is 183 Å². The number of hydrogen-bond acceptors (Lipinski definition) is 0. The van der Waals surface area contributed by atoms with E-state index < -0.39 is 0 Å². The fraction of sp³-hybridized carbons (Fsp3) is 0.143. The molecule has 0 nitrogen and oxygen atoms in total. The molecule has 0 saturated heterocycles. The summed E-state index contributed by atoms with van der Waals surface area (Å²) in [5.74, 6) is 0. The molecule has 5 aliphatic rings. The summed E-state index contributed by atoms with van der Waals surface area (Å²) < 4.78 is 0. The Morgan fingerprint density at radius 3 is 1.24 bits per heavy atom. The highest BCUT2D eigenvalue weighted by atomic mass is 14.4. The minimum Gasteiger partial charge on any atom is -0.0759 e. The first-order chi connectivity index (χ1) is 40.7. The Bertz CT molecular complexity index is 4890. The van der Waals surface area contributed by atoms with Crippen LogP contribution in [0.25, 0.3) is 144 Å². The molecule has 0 heterocycles. The van der Waals surface area contributed by atoms with Crippen molar-refractivity contribution in [2.75, 3.05) is 0 Å². The van der Waals surface area contributed by atoms with Gasteiger partial charge in [0.1, 0.15) is 0 Å². The van der Waals surface area contributed by atoms with Crippen LogP contribution in [-0.2, 0) is 17.3 Å². The molecular formula is C84H64. The minimum atomic E-state index is -0.157. The average Bonchev–Trinajstić information content (AvgIpc) is 1.80. The van der Waals surface area contributed by atoms with Gasteiger partial charge in [0.25, 0.3) is 0 Å². The fourth-order valence-electron chi connectivity index (χ4n) is 15.7. The molecule has 84 heavy (non-hydrogen) atoms. The monoisotopic (exact) mass is 1070 g/mol. The summed E-state index contributed by atoms with van der Waals surface area (Å²) in [7, 11) is 0. The molecule has 0 radical (unpaired) electrons. The van der Waals surface area contributed by atoms with Crippen LogP contribution < -0.4 is 0 Å². The third-order valence-electron chi connectivity index (χ3n) is 20.4. The highest BCUT2D eigenvalue weighted by molar-refractivity contribution is 6.18. The van der Waals surface area contributed by atoms with Gasteiger partial charge in [0.05, 0.1) is 0 Å². The maximum absolute atomic E-state index is 2.51. The molecule has 400 valence electrons. The topological polar surface area (TPSA) is 0 Å². The predicted molar refractivity (Wildman–Crippen MR) is 357 cm³/mol. The minimum absolute atomic E-state index is 0.156. The van der Waals surface area contributed by atoms with Gasteiger partial charge in [-0.2, -0.15) is 0 Å². The van der Waals surface area contributed by atoms with Gasteiger partial charge in [-0.15, -0.1) is 0 Å². The van der Waals surface area contributed by atoms with Gasteiger partial charge in [-0.25, -0.2) is 0 Å². The second-order valence-corrected chi connectivity index (χ2v) is 26.7. The largest absolute Gasteiger partial charge is 0.0759 e. The number of benzene rings is 12. The zero-order valence-corrected chi connectivity index (χ0v) is 48.9. The Balaban J connectivity index is 0.609. The SMILES string of the molecule is CC(C)(C)C1=Cc2ccc3ccc(-c4ccc(-c5ccc(-c6ccc7c(c6)C(C)(C)c6cc(-c8ccc9c(c8)C(C)(C)c8cc(-c%10ccc(-c%11ccc%12c%13c(cccc%11%13)-c%11ccccc%11-%12)cc%10)ccc8-9)ccc6-7)cc5)cc4)c4c3c2C(=CC4)C1. The fourth-order valence-corrected chi connectivity index (χ4v) is 15.7. The lowest BCUT2D eigenvalue weighted by Crippen LogP contribution is -2.15. The molecule has 12 aromatic carbocycles. The molecule has 0 unspecified atom stereocenters. The van der Waals surface area contributed by atoms with Gasteiger partial charge in [0.2, 0.25) is 0 Å². The first-order valence-corrected chi connectivity index (χ1v) is 30.3. The summed E-state index contributed by atoms with van der Waals surface area (Å²) in [5.41, 5.74) is 38.6. The summed E-state index contributed by atoms with van der Waals surface area (Å²) >= 11 is 0. The number of hydrogen-bond donors (Lipinski definition) is 0. The van der Waals surface area contributed by atoms with E-state index in [0.717, 1.165) is 12.8 Å². The van der Waals surface area contributed by atoms with Crippen molar-refractivity contribution in [2.45, 2.75) is 72.1 Å². The maximum Gasteiger partial charge on any atom is 0.0159 e. The van der Waals surface area contributed by atoms with E-state index in [9.17, 15) is 0 Å². The lowest BCUT2D eigenvalue weighted by Gasteiger charge is -2.32. The van der Waals surface area contributed by atoms with Crippen LogP contribution >= 0.6 is 0 Å². The standard InChI is InChI=1S/C84H64/c1-82(2,3)62-43-60-28-27-55-29-35-63(73-40-34-61(44-62)79(60)80(55)73)53-23-19-50(20-24-53)49-15-17-51(18-16-49)56-30-36-67-69-38-32-58(47-77(69)83(4,5)75(67)45-56)59-33-39-70-68-37-31-57(46-76(68)84(6,7)78(70)48-59)52-21-25-54(26-22-52)64-41-42-74-66-12-9-8-11-65(66)72-14-10-13-71(64)81(72)74/h8-39,41-43,45-48H,40,44H2,1-7H3. The van der Waals surface area contributed by atoms with Gasteiger partial charge in [0.15, 0.2) is 0 Å². The second kappa shape index (κ2) is 17.6. The molecule has 0 fully saturated rings. The molecule has 0 atom stereocenters. The molecule has 0 spiro atoms. The summed E-state index contributed by atoms with van der Waals surface area (Å²) in [6.45, 7) is 16.7. The first kappa shape index (κ1) is 49.3. The normalized spacial score (nSPS) is 15.1. The van der Waals surface area contributed by atoms with Crippen molar-refractivity contribution in [1.29, 1.82) is 0 Å². The van der Waals surface area contributed by atoms with Gasteiger partial charge in [0, 0.05) is 10.8 Å². The van der Waals surface area contributed by atoms with Crippen LogP contribution in [0.1, 0.15) is 93.8 Å². The van der Waals surface area contributed by atoms with Gasteiger partial charge in [-0.1, -0.05) is 266 Å². The lowest BCUT2D eigenvalue weighted by atomic mass is 9.72. The lowest BCUT2D eigenvalue weighted by molar-refractivity contribution is 0.498. The van der Waals surface area contributed by atoms with E-state index in [4.69, 9.17) is 0 Å². The molecule has 0 aliphatic heterocycles. The van der Waals surface area contributed by atoms with Crippen LogP contribution in [0, 0.1) is 5.41 Å². The van der Waals surface area contributed by atoms with Crippen LogP contribution in [0.2, 0.25) is 0 Å². The molecule has 5 aliphatic carbocycles. The third kappa shape index (κ3) is 7.19. The van der Waals surface area contributed by atoms with E-state index >= 15 is 0 Å². The molecule has 0 heteroatoms. The van der Waals surface area contributed by atoms with Crippen molar-refractivity contribution in [3.8, 4) is 111 Å². The zero-order chi connectivity index (χ0) is 56.5. The summed E-state index contributed by atoms with van der Waals surface area (Å²) in [6, 6.07) is 86.0. The van der Waals surface area contributed by atoms with Crippen molar-refractivity contribution in [1.82, 2.24) is 0 Å². The zero-order valence-electron chi connectivity index (χ0n) is 48.9. The van der Waals surface area contributed by atoms with Crippen LogP contribution in [0.15, 0.2) is 236 Å². The second-order valence-electron chi connectivity index (χ2n) is 26.7. The molecule has 17 rings (SSSR count). The molecule has 12 aromatic rings. The van der Waals surface area contributed by atoms with Crippen molar-refractivity contribution in [2.24, 2.45) is 5.41 Å². The van der Waals surface area contributed by atoms with Gasteiger partial charge in [-0.3, -0.25) is 0 Å². The molecule has 0 aromatic heterocycles. The van der Waals surface area contributed by atoms with Crippen LogP contribution in [-0.4, -0.2) is 0 Å². The van der Waals surface area contributed by atoms with Gasteiger partial charge >= 0.3 is 0 Å². The molecule has 0 amide bonds. The van der Waals surface area contributed by atoms with Crippen molar-refractivity contribution < 1.29 is 0 Å². The van der Waals surface area contributed by atoms with Gasteiger partial charge in [-0.05, 0) is 220 Å². The smallest absolute Gasteiger partial charge is 0.0159 e. The predicted octanol–water partition coefficient (Wildman–Crippen LogP) is 23.0. The molecule has 0 bridgehead atoms. The van der Waals surface area contributed by atoms with E-state index in [1.807, 2.05) is 0 Å². The first-order valence-electron chi connectivity index (χ1n) is 30.3. The van der Waals surface area contributed by atoms with E-state index in [2.05, 4.69) is 285 Å². The maximum atomic E-state index is 2.51. The molecule has 0 saturated carbocycles. The summed E-state index contributed by atoms with van der Waals surface area (Å²) in [5, 5.41) is 5.49. The highest BCUT2D eigenvalue weighted by Gasteiger charge is 2.38. The molecule has 0 N–H and O–H groups in total. The Morgan fingerprint density at radius 1 is 0.333 bits per heavy atom. The Hall–Kier alpha value is -9.36. The highest BCUT2D eigenvalue weighted by Crippen LogP contribution is 2.55. The van der Waals surface area contributed by atoms with Crippen molar-refractivity contribution in [3.05, 3.63) is 275 Å². The Kier molecular flexibility index (Phi) is 10.3. The average molecular weight is 1070 g/mol. The van der Waals surface area contributed by atoms with E-state index in [-0.39, 0.29) is 16.2 Å². The van der Waals surface area contributed by atoms with Crippen molar-refractivity contribution in [3.63, 3.8) is 0 Å². The number of rotatable bonds is 6. The van der Waals surface area contributed by atoms with Crippen molar-refractivity contribution >= 4 is 33.2 Å². The Morgan fingerprint density at radius 2 is 0.726 bits per heavy atom. The van der Waals surface area contributed by atoms with Crippen LogP contribution in [0.3, 0.4) is 0 Å². The third-order valence-corrected chi connectivity index (χ3v) is 20.4. The quantitative estimate of drug-likeness (QED) is 0.156. The number of fused-ring (bicyclic) bond motifs is 9. The van der Waals surface area contributed by atoms with Crippen LogP contribution in [0.4, 0.5) is 0 Å².